The van der Waals surface area contributed by atoms with Crippen molar-refractivity contribution in [2.45, 2.75) is 26.8 Å². The molecule has 1 aromatic heterocycles. The van der Waals surface area contributed by atoms with Crippen LogP contribution in [0.2, 0.25) is 0 Å². The molecule has 18 heavy (non-hydrogen) atoms. The summed E-state index contributed by atoms with van der Waals surface area (Å²) in [5, 5.41) is 10.3. The molecule has 0 atom stereocenters. The topological polar surface area (TPSA) is 68.0 Å². The van der Waals surface area contributed by atoms with Crippen LogP contribution in [0.1, 0.15) is 30.1 Å². The van der Waals surface area contributed by atoms with Gasteiger partial charge in [0, 0.05) is 11.6 Å². The van der Waals surface area contributed by atoms with Gasteiger partial charge in [-0.1, -0.05) is 17.7 Å². The summed E-state index contributed by atoms with van der Waals surface area (Å²) in [6.45, 7) is 5.74. The van der Waals surface area contributed by atoms with E-state index in [0.29, 0.717) is 5.89 Å². The van der Waals surface area contributed by atoms with Crippen LogP contribution in [-0.2, 0) is 0 Å². The van der Waals surface area contributed by atoms with Gasteiger partial charge in [-0.3, -0.25) is 4.79 Å². The van der Waals surface area contributed by atoms with E-state index in [1.165, 1.54) is 0 Å². The van der Waals surface area contributed by atoms with E-state index in [4.69, 9.17) is 4.42 Å². The highest BCUT2D eigenvalue weighted by Gasteiger charge is 2.16. The number of amides is 1. The monoisotopic (exact) mass is 245 g/mol. The Bertz CT molecular complexity index is 544. The predicted octanol–water partition coefficient (Wildman–Crippen LogP) is 2.18. The van der Waals surface area contributed by atoms with Crippen molar-refractivity contribution in [3.8, 4) is 11.5 Å². The fourth-order valence-electron chi connectivity index (χ4n) is 1.45. The molecule has 0 aliphatic carbocycles. The van der Waals surface area contributed by atoms with E-state index in [1.807, 2.05) is 45.0 Å². The first kappa shape index (κ1) is 12.3. The van der Waals surface area contributed by atoms with E-state index in [9.17, 15) is 4.79 Å². The Hall–Kier alpha value is -2.17. The standard InChI is InChI=1S/C13H15N3O2/c1-8(2)14-11(17)13-16-15-12(18-13)10-6-4-9(3)5-7-10/h4-8H,1-3H3,(H,14,17). The van der Waals surface area contributed by atoms with Crippen LogP contribution < -0.4 is 5.32 Å². The van der Waals surface area contributed by atoms with Gasteiger partial charge in [0.25, 0.3) is 0 Å². The van der Waals surface area contributed by atoms with Crippen LogP contribution in [0.15, 0.2) is 28.7 Å². The number of aryl methyl sites for hydroxylation is 1. The van der Waals surface area contributed by atoms with Crippen molar-refractivity contribution >= 4 is 5.91 Å². The second kappa shape index (κ2) is 5.00. The predicted molar refractivity (Wildman–Crippen MR) is 67.1 cm³/mol. The Kier molecular flexibility index (Phi) is 3.41. The molecule has 0 aliphatic rings. The number of hydrogen-bond donors (Lipinski definition) is 1. The van der Waals surface area contributed by atoms with Crippen LogP contribution in [0.25, 0.3) is 11.5 Å². The largest absolute Gasteiger partial charge is 0.412 e. The van der Waals surface area contributed by atoms with Gasteiger partial charge in [0.05, 0.1) is 0 Å². The molecular formula is C13H15N3O2. The zero-order valence-corrected chi connectivity index (χ0v) is 10.6. The zero-order valence-electron chi connectivity index (χ0n) is 10.6. The van der Waals surface area contributed by atoms with Gasteiger partial charge in [0.2, 0.25) is 5.89 Å². The Morgan fingerprint density at radius 2 is 1.89 bits per heavy atom. The van der Waals surface area contributed by atoms with Crippen LogP contribution in [-0.4, -0.2) is 22.1 Å². The fraction of sp³-hybridized carbons (Fsp3) is 0.308. The van der Waals surface area contributed by atoms with Crippen LogP contribution >= 0.6 is 0 Å². The molecule has 0 bridgehead atoms. The van der Waals surface area contributed by atoms with Crippen molar-refractivity contribution in [3.63, 3.8) is 0 Å². The number of nitrogens with zero attached hydrogens (tertiary/aromatic N) is 2. The minimum Gasteiger partial charge on any atom is -0.412 e. The van der Waals surface area contributed by atoms with E-state index in [0.717, 1.165) is 11.1 Å². The fourth-order valence-corrected chi connectivity index (χ4v) is 1.45. The van der Waals surface area contributed by atoms with Crippen molar-refractivity contribution in [1.82, 2.24) is 15.5 Å². The van der Waals surface area contributed by atoms with E-state index in [2.05, 4.69) is 15.5 Å². The van der Waals surface area contributed by atoms with Crippen molar-refractivity contribution in [3.05, 3.63) is 35.7 Å². The smallest absolute Gasteiger partial charge is 0.309 e. The average molecular weight is 245 g/mol. The first-order valence-electron chi connectivity index (χ1n) is 5.77. The average Bonchev–Trinajstić information content (AvgIpc) is 2.78. The lowest BCUT2D eigenvalue weighted by Gasteiger charge is -2.03. The lowest BCUT2D eigenvalue weighted by atomic mass is 10.1. The van der Waals surface area contributed by atoms with Gasteiger partial charge in [-0.25, -0.2) is 0 Å². The number of rotatable bonds is 3. The number of aromatic nitrogens is 2. The second-order valence-corrected chi connectivity index (χ2v) is 4.41. The highest BCUT2D eigenvalue weighted by Crippen LogP contribution is 2.18. The lowest BCUT2D eigenvalue weighted by Crippen LogP contribution is -2.30. The van der Waals surface area contributed by atoms with E-state index >= 15 is 0 Å². The molecule has 5 heteroatoms. The van der Waals surface area contributed by atoms with Gasteiger partial charge in [0.1, 0.15) is 0 Å². The van der Waals surface area contributed by atoms with Crippen LogP contribution in [0, 0.1) is 6.92 Å². The third-order valence-corrected chi connectivity index (χ3v) is 2.34. The van der Waals surface area contributed by atoms with Crippen molar-refractivity contribution in [2.24, 2.45) is 0 Å². The zero-order chi connectivity index (χ0) is 13.1. The number of carbonyl (C=O) groups is 1. The van der Waals surface area contributed by atoms with Gasteiger partial charge >= 0.3 is 11.8 Å². The van der Waals surface area contributed by atoms with E-state index in [1.54, 1.807) is 0 Å². The van der Waals surface area contributed by atoms with Gasteiger partial charge in [0.15, 0.2) is 0 Å². The van der Waals surface area contributed by atoms with Gasteiger partial charge in [-0.2, -0.15) is 0 Å². The van der Waals surface area contributed by atoms with Crippen LogP contribution in [0.4, 0.5) is 0 Å². The van der Waals surface area contributed by atoms with Gasteiger partial charge < -0.3 is 9.73 Å². The molecular weight excluding hydrogens is 230 g/mol. The first-order chi connectivity index (χ1) is 8.56. The molecule has 1 heterocycles. The Labute approximate surface area is 105 Å². The highest BCUT2D eigenvalue weighted by molar-refractivity contribution is 5.89. The number of nitrogens with one attached hydrogen (secondary N) is 1. The van der Waals surface area contributed by atoms with E-state index in [-0.39, 0.29) is 17.8 Å². The molecule has 0 spiro atoms. The van der Waals surface area contributed by atoms with Crippen molar-refractivity contribution < 1.29 is 9.21 Å². The van der Waals surface area contributed by atoms with Crippen molar-refractivity contribution in [1.29, 1.82) is 0 Å². The summed E-state index contributed by atoms with van der Waals surface area (Å²) in [4.78, 5) is 11.6. The summed E-state index contributed by atoms with van der Waals surface area (Å²) >= 11 is 0. The van der Waals surface area contributed by atoms with E-state index < -0.39 is 0 Å². The molecule has 0 unspecified atom stereocenters. The van der Waals surface area contributed by atoms with Crippen molar-refractivity contribution in [2.75, 3.05) is 0 Å². The highest BCUT2D eigenvalue weighted by atomic mass is 16.4. The molecule has 0 saturated carbocycles. The molecule has 0 aliphatic heterocycles. The second-order valence-electron chi connectivity index (χ2n) is 4.41. The molecule has 1 aromatic carbocycles. The molecule has 1 amide bonds. The Morgan fingerprint density at radius 1 is 1.22 bits per heavy atom. The maximum Gasteiger partial charge on any atom is 0.309 e. The Morgan fingerprint density at radius 3 is 2.50 bits per heavy atom. The molecule has 1 N–H and O–H groups in total. The molecule has 0 radical (unpaired) electrons. The summed E-state index contributed by atoms with van der Waals surface area (Å²) in [7, 11) is 0. The Balaban J connectivity index is 2.20. The molecule has 0 fully saturated rings. The number of carbonyl (C=O) groups excluding carboxylic acids is 1. The normalized spacial score (nSPS) is 10.7. The summed E-state index contributed by atoms with van der Waals surface area (Å²) in [5.41, 5.74) is 1.95. The minimum absolute atomic E-state index is 0.0146. The lowest BCUT2D eigenvalue weighted by molar-refractivity contribution is 0.0909. The van der Waals surface area contributed by atoms with Gasteiger partial charge in [-0.15, -0.1) is 10.2 Å². The summed E-state index contributed by atoms with van der Waals surface area (Å²) < 4.78 is 5.34. The van der Waals surface area contributed by atoms with Crippen LogP contribution in [0.3, 0.4) is 0 Å². The SMILES string of the molecule is Cc1ccc(-c2nnc(C(=O)NC(C)C)o2)cc1. The van der Waals surface area contributed by atoms with Gasteiger partial charge in [-0.05, 0) is 32.9 Å². The maximum absolute atomic E-state index is 11.6. The third kappa shape index (κ3) is 2.74. The molecule has 5 nitrogen and oxygen atoms in total. The minimum atomic E-state index is -0.351. The third-order valence-electron chi connectivity index (χ3n) is 2.34. The molecule has 94 valence electrons. The number of benzene rings is 1. The maximum atomic E-state index is 11.6. The van der Waals surface area contributed by atoms with Crippen LogP contribution in [0.5, 0.6) is 0 Å². The molecule has 2 aromatic rings. The summed E-state index contributed by atoms with van der Waals surface area (Å²) in [5.74, 6) is -0.0148. The summed E-state index contributed by atoms with van der Waals surface area (Å²) in [6.07, 6.45) is 0. The first-order valence-corrected chi connectivity index (χ1v) is 5.77. The number of hydrogen-bond acceptors (Lipinski definition) is 4. The quantitative estimate of drug-likeness (QED) is 0.900. The molecule has 2 rings (SSSR count). The molecule has 0 saturated heterocycles. The summed E-state index contributed by atoms with van der Waals surface area (Å²) in [6, 6.07) is 7.70.